The maximum absolute atomic E-state index is 13.8. The van der Waals surface area contributed by atoms with Gasteiger partial charge >= 0.3 is 11.8 Å². The number of hydrogen-bond acceptors (Lipinski definition) is 4. The first-order chi connectivity index (χ1) is 11.5. The van der Waals surface area contributed by atoms with Gasteiger partial charge in [0.25, 0.3) is 0 Å². The quantitative estimate of drug-likeness (QED) is 0.665. The molecule has 1 N–H and O–H groups in total. The number of hydrogen-bond donors (Lipinski definition) is 1. The average molecular weight is 353 g/mol. The van der Waals surface area contributed by atoms with Gasteiger partial charge in [-0.1, -0.05) is 26.8 Å². The number of carbonyl (C=O) groups is 1. The molecule has 8 heteroatoms. The van der Waals surface area contributed by atoms with Crippen LogP contribution in [0.15, 0.2) is 18.2 Å². The number of rotatable bonds is 3. The van der Waals surface area contributed by atoms with Crippen molar-refractivity contribution < 1.29 is 19.2 Å². The van der Waals surface area contributed by atoms with Crippen LogP contribution in [0.4, 0.5) is 14.9 Å². The van der Waals surface area contributed by atoms with E-state index in [0.717, 1.165) is 0 Å². The largest absolute Gasteiger partial charge is 0.465 e. The minimum absolute atomic E-state index is 0.287. The van der Waals surface area contributed by atoms with Crippen molar-refractivity contribution in [2.75, 3.05) is 19.6 Å². The summed E-state index contributed by atoms with van der Waals surface area (Å²) in [4.78, 5) is 25.1. The number of carboxylic acid groups (broad SMARTS) is 1. The zero-order valence-electron chi connectivity index (χ0n) is 15.0. The number of halogens is 1. The molecule has 0 spiro atoms. The Bertz CT molecular complexity index is 689. The lowest BCUT2D eigenvalue weighted by atomic mass is 9.72. The van der Waals surface area contributed by atoms with E-state index in [1.165, 1.54) is 17.0 Å². The third-order valence-electron chi connectivity index (χ3n) is 5.23. The Hall–Kier alpha value is -2.22. The highest BCUT2D eigenvalue weighted by atomic mass is 19.1. The van der Waals surface area contributed by atoms with Crippen molar-refractivity contribution in [3.8, 4) is 0 Å². The molecule has 1 aliphatic heterocycles. The molecule has 1 atom stereocenters. The summed E-state index contributed by atoms with van der Waals surface area (Å²) < 4.78 is 13.8. The summed E-state index contributed by atoms with van der Waals surface area (Å²) in [6.07, 6.45) is -0.946. The van der Waals surface area contributed by atoms with Crippen molar-refractivity contribution in [3.63, 3.8) is 0 Å². The van der Waals surface area contributed by atoms with Gasteiger partial charge in [0.05, 0.1) is 10.5 Å². The fraction of sp³-hybridized carbons (Fsp3) is 0.588. The van der Waals surface area contributed by atoms with E-state index >= 15 is 0 Å². The molecule has 1 saturated heterocycles. The van der Waals surface area contributed by atoms with Gasteiger partial charge in [-0.15, -0.1) is 0 Å². The highest BCUT2D eigenvalue weighted by molar-refractivity contribution is 5.66. The predicted octanol–water partition coefficient (Wildman–Crippen LogP) is 3.33. The van der Waals surface area contributed by atoms with E-state index in [0.29, 0.717) is 31.7 Å². The maximum Gasteiger partial charge on any atom is 0.407 e. The van der Waals surface area contributed by atoms with Crippen molar-refractivity contribution in [1.29, 1.82) is 0 Å². The third kappa shape index (κ3) is 3.73. The van der Waals surface area contributed by atoms with Gasteiger partial charge < -0.3 is 5.11 Å². The molecule has 138 valence electrons. The van der Waals surface area contributed by atoms with Gasteiger partial charge in [-0.2, -0.15) is 4.39 Å². The molecule has 2 rings (SSSR count). The van der Waals surface area contributed by atoms with E-state index in [9.17, 15) is 24.4 Å². The van der Waals surface area contributed by atoms with Crippen molar-refractivity contribution in [2.24, 2.45) is 5.41 Å². The molecule has 1 heterocycles. The molecule has 1 amide bonds. The molecule has 7 nitrogen and oxygen atoms in total. The Morgan fingerprint density at radius 1 is 1.40 bits per heavy atom. The third-order valence-corrected chi connectivity index (χ3v) is 5.23. The van der Waals surface area contributed by atoms with Crippen LogP contribution in [0, 0.1) is 21.3 Å². The molecule has 0 unspecified atom stereocenters. The lowest BCUT2D eigenvalue weighted by Gasteiger charge is -2.54. The Labute approximate surface area is 146 Å². The second-order valence-corrected chi connectivity index (χ2v) is 7.71. The van der Waals surface area contributed by atoms with Crippen LogP contribution in [0.5, 0.6) is 0 Å². The lowest BCUT2D eigenvalue weighted by Crippen LogP contribution is -2.67. The van der Waals surface area contributed by atoms with Gasteiger partial charge in [-0.3, -0.25) is 19.9 Å². The minimum atomic E-state index is -0.946. The summed E-state index contributed by atoms with van der Waals surface area (Å²) in [5, 5.41) is 20.2. The molecule has 1 aliphatic rings. The first kappa shape index (κ1) is 19.1. The van der Waals surface area contributed by atoms with Crippen LogP contribution in [0.1, 0.15) is 33.3 Å². The predicted molar refractivity (Wildman–Crippen MR) is 90.9 cm³/mol. The van der Waals surface area contributed by atoms with Gasteiger partial charge in [0.2, 0.25) is 5.82 Å². The number of nitro benzene ring substituents is 1. The second kappa shape index (κ2) is 6.59. The van der Waals surface area contributed by atoms with Crippen LogP contribution in [0.3, 0.4) is 0 Å². The Kier molecular flexibility index (Phi) is 5.04. The highest BCUT2D eigenvalue weighted by Gasteiger charge is 2.48. The lowest BCUT2D eigenvalue weighted by molar-refractivity contribution is -0.387. The first-order valence-corrected chi connectivity index (χ1v) is 8.11. The summed E-state index contributed by atoms with van der Waals surface area (Å²) in [5.41, 5.74) is -0.802. The minimum Gasteiger partial charge on any atom is -0.465 e. The van der Waals surface area contributed by atoms with E-state index in [2.05, 4.69) is 4.90 Å². The molecule has 25 heavy (non-hydrogen) atoms. The molecular formula is C17H24FN3O4. The van der Waals surface area contributed by atoms with Gasteiger partial charge in [-0.25, -0.2) is 4.79 Å². The summed E-state index contributed by atoms with van der Waals surface area (Å²) in [7, 11) is 0. The van der Waals surface area contributed by atoms with Crippen LogP contribution in [0.25, 0.3) is 0 Å². The fourth-order valence-corrected chi connectivity index (χ4v) is 3.23. The zero-order valence-corrected chi connectivity index (χ0v) is 15.0. The van der Waals surface area contributed by atoms with Crippen molar-refractivity contribution in [1.82, 2.24) is 9.80 Å². The first-order valence-electron chi connectivity index (χ1n) is 8.11. The van der Waals surface area contributed by atoms with Gasteiger partial charge in [-0.05, 0) is 24.0 Å². The van der Waals surface area contributed by atoms with E-state index in [1.54, 1.807) is 6.07 Å². The standard InChI is InChI=1S/C17H24FN3O4/c1-16(2,3)17(4)11-19(7-8-20(17)15(22)23)10-12-5-6-14(21(24)25)13(18)9-12/h5-6,9H,7-8,10-11H2,1-4H3,(H,22,23)/t17-/m1/s1. The van der Waals surface area contributed by atoms with Crippen LogP contribution < -0.4 is 0 Å². The summed E-state index contributed by atoms with van der Waals surface area (Å²) >= 11 is 0. The highest BCUT2D eigenvalue weighted by Crippen LogP contribution is 2.38. The summed E-state index contributed by atoms with van der Waals surface area (Å²) in [5.74, 6) is -0.856. The molecule has 1 aromatic carbocycles. The number of benzene rings is 1. The summed E-state index contributed by atoms with van der Waals surface area (Å²) in [6.45, 7) is 9.71. The van der Waals surface area contributed by atoms with Crippen LogP contribution in [-0.4, -0.2) is 51.1 Å². The number of nitro groups is 1. The Morgan fingerprint density at radius 2 is 2.04 bits per heavy atom. The molecule has 1 fully saturated rings. The van der Waals surface area contributed by atoms with Crippen molar-refractivity contribution in [3.05, 3.63) is 39.7 Å². The molecule has 0 saturated carbocycles. The van der Waals surface area contributed by atoms with Crippen LogP contribution in [-0.2, 0) is 6.54 Å². The molecule has 0 radical (unpaired) electrons. The van der Waals surface area contributed by atoms with Crippen molar-refractivity contribution in [2.45, 2.75) is 39.8 Å². The molecule has 0 bridgehead atoms. The zero-order chi connectivity index (χ0) is 19.0. The van der Waals surface area contributed by atoms with Gasteiger partial charge in [0, 0.05) is 32.2 Å². The van der Waals surface area contributed by atoms with E-state index in [1.807, 2.05) is 27.7 Å². The Morgan fingerprint density at radius 3 is 2.52 bits per heavy atom. The Balaban J connectivity index is 2.21. The average Bonchev–Trinajstić information content (AvgIpc) is 2.45. The molecular weight excluding hydrogens is 329 g/mol. The molecule has 0 aliphatic carbocycles. The summed E-state index contributed by atoms with van der Waals surface area (Å²) in [6, 6.07) is 3.89. The fourth-order valence-electron chi connectivity index (χ4n) is 3.23. The SMILES string of the molecule is CC(C)(C)[C@@]1(C)CN(Cc2ccc([N+](=O)[O-])c(F)c2)CCN1C(=O)O. The maximum atomic E-state index is 13.8. The number of piperazine rings is 1. The topological polar surface area (TPSA) is 86.9 Å². The smallest absolute Gasteiger partial charge is 0.407 e. The second-order valence-electron chi connectivity index (χ2n) is 7.71. The van der Waals surface area contributed by atoms with E-state index in [-0.39, 0.29) is 5.41 Å². The van der Waals surface area contributed by atoms with Crippen LogP contribution >= 0.6 is 0 Å². The van der Waals surface area contributed by atoms with E-state index in [4.69, 9.17) is 0 Å². The monoisotopic (exact) mass is 353 g/mol. The van der Waals surface area contributed by atoms with Crippen molar-refractivity contribution >= 4 is 11.8 Å². The normalized spacial score (nSPS) is 22.0. The number of nitrogens with zero attached hydrogens (tertiary/aromatic N) is 3. The molecule has 0 aromatic heterocycles. The van der Waals surface area contributed by atoms with Gasteiger partial charge in [0.1, 0.15) is 0 Å². The van der Waals surface area contributed by atoms with Crippen LogP contribution in [0.2, 0.25) is 0 Å². The number of amides is 1. The van der Waals surface area contributed by atoms with Gasteiger partial charge in [0.15, 0.2) is 0 Å². The van der Waals surface area contributed by atoms with E-state index < -0.39 is 28.1 Å². The molecule has 1 aromatic rings.